The van der Waals surface area contributed by atoms with E-state index in [4.69, 9.17) is 9.47 Å². The number of aliphatic hydroxyl groups excluding tert-OH is 7. The van der Waals surface area contributed by atoms with Gasteiger partial charge in [0.25, 0.3) is 0 Å². The Morgan fingerprint density at radius 2 is 0.923 bits per heavy atom. The van der Waals surface area contributed by atoms with E-state index in [1.165, 1.54) is 161 Å². The van der Waals surface area contributed by atoms with E-state index in [0.29, 0.717) is 19.3 Å². The zero-order valence-corrected chi connectivity index (χ0v) is 41.7. The van der Waals surface area contributed by atoms with E-state index in [1.54, 1.807) is 0 Å². The van der Waals surface area contributed by atoms with E-state index in [-0.39, 0.29) is 12.8 Å². The molecular weight excluding hydrogens is 823 g/mol. The maximum absolute atomic E-state index is 13.1. The minimum atomic E-state index is -1.67. The fraction of sp³-hybridized carbons (Fsp3) is 0.907. The third-order valence-electron chi connectivity index (χ3n) is 13.2. The molecule has 1 aliphatic rings. The Hall–Kier alpha value is -1.41. The molecule has 11 heteroatoms. The van der Waals surface area contributed by atoms with E-state index in [0.717, 1.165) is 38.5 Å². The van der Waals surface area contributed by atoms with E-state index < -0.39 is 74.2 Å². The predicted octanol–water partition coefficient (Wildman–Crippen LogP) is 10.6. The lowest BCUT2D eigenvalue weighted by Gasteiger charge is -2.40. The molecule has 0 aliphatic carbocycles. The number of hydrogen-bond acceptors (Lipinski definition) is 10. The Labute approximate surface area is 397 Å². The van der Waals surface area contributed by atoms with Gasteiger partial charge in [-0.05, 0) is 44.9 Å². The second-order valence-electron chi connectivity index (χ2n) is 19.3. The van der Waals surface area contributed by atoms with Crippen molar-refractivity contribution in [3.05, 3.63) is 24.3 Å². The van der Waals surface area contributed by atoms with Crippen LogP contribution < -0.4 is 5.32 Å². The van der Waals surface area contributed by atoms with Gasteiger partial charge in [0.15, 0.2) is 6.29 Å². The van der Waals surface area contributed by atoms with Crippen LogP contribution in [0.1, 0.15) is 245 Å². The van der Waals surface area contributed by atoms with Crippen LogP contribution in [0.15, 0.2) is 24.3 Å². The van der Waals surface area contributed by atoms with Gasteiger partial charge in [0, 0.05) is 0 Å². The molecule has 0 spiro atoms. The summed E-state index contributed by atoms with van der Waals surface area (Å²) < 4.78 is 11.1. The van der Waals surface area contributed by atoms with Crippen molar-refractivity contribution in [1.82, 2.24) is 5.32 Å². The topological polar surface area (TPSA) is 189 Å². The van der Waals surface area contributed by atoms with Crippen LogP contribution in [0, 0.1) is 0 Å². The summed E-state index contributed by atoms with van der Waals surface area (Å²) in [5.74, 6) is -0.708. The Balaban J connectivity index is 2.25. The first-order valence-corrected chi connectivity index (χ1v) is 27.2. The number of aliphatic hydroxyl groups is 7. The molecule has 0 aromatic rings. The number of carbonyl (C=O) groups is 1. The molecule has 1 saturated heterocycles. The molecule has 1 aliphatic heterocycles. The number of rotatable bonds is 46. The Bertz CT molecular complexity index is 1110. The number of allylic oxidation sites excluding steroid dienone is 4. The molecule has 384 valence electrons. The molecule has 1 heterocycles. The minimum Gasteiger partial charge on any atom is -0.394 e. The van der Waals surface area contributed by atoms with E-state index in [1.807, 2.05) is 0 Å². The molecule has 1 rings (SSSR count). The van der Waals surface area contributed by atoms with E-state index in [2.05, 4.69) is 43.5 Å². The van der Waals surface area contributed by atoms with Crippen LogP contribution in [0.5, 0.6) is 0 Å². The van der Waals surface area contributed by atoms with Crippen molar-refractivity contribution in [2.45, 2.75) is 300 Å². The molecule has 1 fully saturated rings. The highest BCUT2D eigenvalue weighted by Gasteiger charge is 2.44. The van der Waals surface area contributed by atoms with Crippen LogP contribution in [0.2, 0.25) is 0 Å². The molecule has 0 aromatic heterocycles. The van der Waals surface area contributed by atoms with Crippen molar-refractivity contribution >= 4 is 5.91 Å². The van der Waals surface area contributed by atoms with Crippen LogP contribution in [0.4, 0.5) is 0 Å². The van der Waals surface area contributed by atoms with Crippen LogP contribution in [-0.2, 0) is 14.3 Å². The number of hydrogen-bond donors (Lipinski definition) is 8. The highest BCUT2D eigenvalue weighted by atomic mass is 16.7. The van der Waals surface area contributed by atoms with Gasteiger partial charge in [0.05, 0.1) is 25.4 Å². The number of amides is 1. The molecule has 9 atom stereocenters. The van der Waals surface area contributed by atoms with Crippen molar-refractivity contribution in [3.63, 3.8) is 0 Å². The molecule has 65 heavy (non-hydrogen) atoms. The maximum atomic E-state index is 13.1. The summed E-state index contributed by atoms with van der Waals surface area (Å²) in [7, 11) is 0. The lowest BCUT2D eigenvalue weighted by Crippen LogP contribution is -2.60. The summed E-state index contributed by atoms with van der Waals surface area (Å²) in [6.07, 6.45) is 39.8. The summed E-state index contributed by atoms with van der Waals surface area (Å²) in [6.45, 7) is 3.39. The number of carbonyl (C=O) groups excluding carboxylic acids is 1. The molecule has 11 nitrogen and oxygen atoms in total. The average Bonchev–Trinajstić information content (AvgIpc) is 3.31. The van der Waals surface area contributed by atoms with Crippen molar-refractivity contribution < 1.29 is 50.0 Å². The molecule has 0 aromatic carbocycles. The summed E-state index contributed by atoms with van der Waals surface area (Å²) in [5.41, 5.74) is 0. The first-order valence-electron chi connectivity index (χ1n) is 27.2. The lowest BCUT2D eigenvalue weighted by molar-refractivity contribution is -0.303. The molecular formula is C54H103NO10. The van der Waals surface area contributed by atoms with Gasteiger partial charge in [-0.2, -0.15) is 0 Å². The maximum Gasteiger partial charge on any atom is 0.249 e. The first-order chi connectivity index (χ1) is 31.7. The van der Waals surface area contributed by atoms with E-state index >= 15 is 0 Å². The summed E-state index contributed by atoms with van der Waals surface area (Å²) >= 11 is 0. The third kappa shape index (κ3) is 32.9. The Kier molecular flexibility index (Phi) is 41.6. The van der Waals surface area contributed by atoms with Crippen LogP contribution in [0.3, 0.4) is 0 Å². The fourth-order valence-corrected chi connectivity index (χ4v) is 8.74. The Morgan fingerprint density at radius 1 is 0.523 bits per heavy atom. The second kappa shape index (κ2) is 43.8. The first kappa shape index (κ1) is 61.6. The van der Waals surface area contributed by atoms with Gasteiger partial charge in [0.1, 0.15) is 36.6 Å². The number of unbranched alkanes of at least 4 members (excludes halogenated alkanes) is 30. The number of nitrogens with one attached hydrogen (secondary N) is 1. The van der Waals surface area contributed by atoms with Gasteiger partial charge in [-0.25, -0.2) is 0 Å². The predicted molar refractivity (Wildman–Crippen MR) is 266 cm³/mol. The summed E-state index contributed by atoms with van der Waals surface area (Å²) in [6, 6.07) is -1.19. The lowest BCUT2D eigenvalue weighted by atomic mass is 9.98. The Morgan fingerprint density at radius 3 is 1.35 bits per heavy atom. The normalized spacial score (nSPS) is 21.0. The zero-order valence-electron chi connectivity index (χ0n) is 41.7. The monoisotopic (exact) mass is 926 g/mol. The minimum absolute atomic E-state index is 0.247. The largest absolute Gasteiger partial charge is 0.394 e. The van der Waals surface area contributed by atoms with Gasteiger partial charge in [0.2, 0.25) is 5.91 Å². The fourth-order valence-electron chi connectivity index (χ4n) is 8.74. The molecule has 0 saturated carbocycles. The van der Waals surface area contributed by atoms with Gasteiger partial charge in [-0.15, -0.1) is 0 Å². The molecule has 0 radical (unpaired) electrons. The second-order valence-corrected chi connectivity index (χ2v) is 19.3. The molecule has 0 bridgehead atoms. The van der Waals surface area contributed by atoms with E-state index in [9.17, 15) is 40.5 Å². The molecule has 1 amide bonds. The van der Waals surface area contributed by atoms with Gasteiger partial charge in [-0.1, -0.05) is 224 Å². The van der Waals surface area contributed by atoms with Crippen LogP contribution >= 0.6 is 0 Å². The SMILES string of the molecule is CCCC/C=C/CC/C=C/CCCC(O)C(O)C(COC1OC(CO)C(O)C(O)C1O)NC(=O)C(O)CCCCCCCCCCCCCCCCCCCCCCCCCCCCC. The van der Waals surface area contributed by atoms with Crippen LogP contribution in [0.25, 0.3) is 0 Å². The van der Waals surface area contributed by atoms with Gasteiger partial charge < -0.3 is 50.5 Å². The van der Waals surface area contributed by atoms with Crippen LogP contribution in [-0.4, -0.2) is 110 Å². The highest BCUT2D eigenvalue weighted by Crippen LogP contribution is 2.23. The van der Waals surface area contributed by atoms with Crippen molar-refractivity contribution in [1.29, 1.82) is 0 Å². The highest BCUT2D eigenvalue weighted by molar-refractivity contribution is 5.80. The summed E-state index contributed by atoms with van der Waals surface area (Å²) in [4.78, 5) is 13.1. The number of ether oxygens (including phenoxy) is 2. The zero-order chi connectivity index (χ0) is 47.6. The molecule has 8 N–H and O–H groups in total. The van der Waals surface area contributed by atoms with Crippen molar-refractivity contribution in [3.8, 4) is 0 Å². The van der Waals surface area contributed by atoms with Crippen molar-refractivity contribution in [2.75, 3.05) is 13.2 Å². The molecule has 9 unspecified atom stereocenters. The van der Waals surface area contributed by atoms with Crippen molar-refractivity contribution in [2.24, 2.45) is 0 Å². The summed E-state index contributed by atoms with van der Waals surface area (Å²) in [5, 5.41) is 75.7. The average molecular weight is 926 g/mol. The standard InChI is InChI=1S/C54H103NO10/c1-3-5-7-9-11-13-15-16-17-18-19-20-21-22-23-24-25-26-27-28-29-30-32-34-36-38-40-42-47(58)53(63)55-45(44-64-54-52(62)51(61)50(60)48(43-56)65-54)49(59)46(57)41-39-37-35-33-31-14-12-10-8-6-4-2/h10,12,33,35,45-52,54,56-62H,3-9,11,13-32,34,36-44H2,1-2H3,(H,55,63)/b12-10+,35-33+. The van der Waals surface area contributed by atoms with Gasteiger partial charge in [-0.3, -0.25) is 4.79 Å². The third-order valence-corrected chi connectivity index (χ3v) is 13.2. The van der Waals surface area contributed by atoms with Gasteiger partial charge >= 0.3 is 0 Å². The smallest absolute Gasteiger partial charge is 0.249 e. The quantitative estimate of drug-likeness (QED) is 0.0216.